The molecule has 0 aliphatic carbocycles. The van der Waals surface area contributed by atoms with Crippen molar-refractivity contribution in [3.05, 3.63) is 25.3 Å². The van der Waals surface area contributed by atoms with Gasteiger partial charge in [0.25, 0.3) is 0 Å². The van der Waals surface area contributed by atoms with Crippen LogP contribution in [0.15, 0.2) is 17.5 Å². The number of carbonyl (C=O) groups is 1. The van der Waals surface area contributed by atoms with Gasteiger partial charge in [-0.25, -0.2) is 4.79 Å². The summed E-state index contributed by atoms with van der Waals surface area (Å²) in [6.07, 6.45) is 0. The van der Waals surface area contributed by atoms with E-state index in [1.807, 2.05) is 11.4 Å². The number of nitrogens with two attached hydrogens (primary N) is 1. The summed E-state index contributed by atoms with van der Waals surface area (Å²) < 4.78 is 1.17. The topological polar surface area (TPSA) is 63.3 Å². The first-order valence-electron chi connectivity index (χ1n) is 3.95. The van der Waals surface area contributed by atoms with Crippen LogP contribution in [0, 0.1) is 2.88 Å². The molecule has 78 valence electrons. The Morgan fingerprint density at radius 1 is 1.47 bits per heavy atom. The minimum atomic E-state index is -0.964. The predicted molar refractivity (Wildman–Crippen MR) is 71.7 cm³/mol. The van der Waals surface area contributed by atoms with Gasteiger partial charge in [0.05, 0.1) is 8.57 Å². The summed E-state index contributed by atoms with van der Waals surface area (Å²) in [4.78, 5) is 11.9. The van der Waals surface area contributed by atoms with Gasteiger partial charge in [-0.1, -0.05) is 0 Å². The lowest BCUT2D eigenvalue weighted by Crippen LogP contribution is -1.96. The van der Waals surface area contributed by atoms with Crippen molar-refractivity contribution in [2.45, 2.75) is 0 Å². The molecule has 0 bridgehead atoms. The summed E-state index contributed by atoms with van der Waals surface area (Å²) in [5.41, 5.74) is 6.99. The predicted octanol–water partition coefficient (Wildman–Crippen LogP) is 3.36. The summed E-state index contributed by atoms with van der Waals surface area (Å²) in [7, 11) is 0. The minimum absolute atomic E-state index is 0.214. The van der Waals surface area contributed by atoms with E-state index in [1.165, 1.54) is 14.2 Å². The number of nitrogen functional groups attached to an aromatic ring is 1. The summed E-state index contributed by atoms with van der Waals surface area (Å²) in [5, 5.41) is 10.9. The number of thiophene rings is 2. The van der Waals surface area contributed by atoms with Crippen molar-refractivity contribution in [3.63, 3.8) is 0 Å². The third kappa shape index (κ3) is 2.16. The number of hydrogen-bond donors (Lipinski definition) is 2. The lowest BCUT2D eigenvalue weighted by atomic mass is 10.2. The van der Waals surface area contributed by atoms with Crippen molar-refractivity contribution < 1.29 is 9.90 Å². The monoisotopic (exact) mass is 351 g/mol. The molecule has 0 unspecified atom stereocenters. The van der Waals surface area contributed by atoms with Crippen LogP contribution in [0.5, 0.6) is 0 Å². The average molecular weight is 351 g/mol. The molecule has 0 amide bonds. The highest BCUT2D eigenvalue weighted by atomic mass is 127. The first kappa shape index (κ1) is 10.9. The van der Waals surface area contributed by atoms with Crippen LogP contribution >= 0.6 is 45.3 Å². The first-order chi connectivity index (χ1) is 7.08. The van der Waals surface area contributed by atoms with E-state index in [0.29, 0.717) is 5.69 Å². The molecule has 3 nitrogen and oxygen atoms in total. The van der Waals surface area contributed by atoms with E-state index in [0.717, 1.165) is 10.4 Å². The molecule has 0 aliphatic heterocycles. The Labute approximate surface area is 108 Å². The van der Waals surface area contributed by atoms with Crippen LogP contribution in [-0.4, -0.2) is 11.1 Å². The van der Waals surface area contributed by atoms with Crippen LogP contribution in [0.4, 0.5) is 5.69 Å². The normalized spacial score (nSPS) is 10.5. The lowest BCUT2D eigenvalue weighted by Gasteiger charge is -1.87. The molecular weight excluding hydrogens is 345 g/mol. The van der Waals surface area contributed by atoms with Gasteiger partial charge in [-0.2, -0.15) is 0 Å². The molecule has 2 aromatic heterocycles. The van der Waals surface area contributed by atoms with Gasteiger partial charge in [0.15, 0.2) is 0 Å². The SMILES string of the molecule is Nc1cc(-c2csc(I)c2)sc1C(=O)O. The fourth-order valence-corrected chi connectivity index (χ4v) is 3.48. The number of rotatable bonds is 2. The molecule has 0 fully saturated rings. The van der Waals surface area contributed by atoms with Crippen LogP contribution in [0.25, 0.3) is 10.4 Å². The first-order valence-corrected chi connectivity index (χ1v) is 6.72. The average Bonchev–Trinajstić information content (AvgIpc) is 2.71. The fourth-order valence-electron chi connectivity index (χ4n) is 1.15. The number of aromatic carboxylic acids is 1. The second kappa shape index (κ2) is 4.11. The van der Waals surface area contributed by atoms with Crippen LogP contribution in [-0.2, 0) is 0 Å². The zero-order chi connectivity index (χ0) is 11.0. The number of hydrogen-bond acceptors (Lipinski definition) is 4. The third-order valence-electron chi connectivity index (χ3n) is 1.81. The smallest absolute Gasteiger partial charge is 0.348 e. The Hall–Kier alpha value is -0.600. The molecule has 0 radical (unpaired) electrons. The quantitative estimate of drug-likeness (QED) is 0.816. The van der Waals surface area contributed by atoms with Crippen LogP contribution in [0.2, 0.25) is 0 Å². The van der Waals surface area contributed by atoms with E-state index < -0.39 is 5.97 Å². The standard InChI is InChI=1S/C9H6INO2S2/c10-7-1-4(3-14-7)6-2-5(11)8(15-6)9(12)13/h1-3H,11H2,(H,12,13). The van der Waals surface area contributed by atoms with Gasteiger partial charge in [-0.05, 0) is 34.7 Å². The van der Waals surface area contributed by atoms with Gasteiger partial charge in [0.2, 0.25) is 0 Å². The Morgan fingerprint density at radius 3 is 2.67 bits per heavy atom. The minimum Gasteiger partial charge on any atom is -0.477 e. The highest BCUT2D eigenvalue weighted by Gasteiger charge is 2.14. The zero-order valence-corrected chi connectivity index (χ0v) is 11.1. The molecule has 0 saturated heterocycles. The molecule has 2 rings (SSSR count). The number of anilines is 1. The van der Waals surface area contributed by atoms with Crippen molar-refractivity contribution in [2.24, 2.45) is 0 Å². The highest BCUT2D eigenvalue weighted by molar-refractivity contribution is 14.1. The maximum absolute atomic E-state index is 10.8. The molecule has 0 aromatic carbocycles. The maximum Gasteiger partial charge on any atom is 0.348 e. The van der Waals surface area contributed by atoms with Gasteiger partial charge in [-0.3, -0.25) is 0 Å². The van der Waals surface area contributed by atoms with E-state index in [2.05, 4.69) is 22.6 Å². The number of carboxylic acid groups (broad SMARTS) is 1. The summed E-state index contributed by atoms with van der Waals surface area (Å²) in [6.45, 7) is 0. The molecule has 6 heteroatoms. The summed E-state index contributed by atoms with van der Waals surface area (Å²) in [5.74, 6) is -0.964. The largest absolute Gasteiger partial charge is 0.477 e. The number of carboxylic acids is 1. The van der Waals surface area contributed by atoms with Crippen molar-refractivity contribution in [2.75, 3.05) is 5.73 Å². The Bertz CT molecular complexity index is 518. The van der Waals surface area contributed by atoms with Gasteiger partial charge < -0.3 is 10.8 Å². The van der Waals surface area contributed by atoms with Crippen molar-refractivity contribution in [1.29, 1.82) is 0 Å². The van der Waals surface area contributed by atoms with Crippen LogP contribution in [0.3, 0.4) is 0 Å². The number of halogens is 1. The van der Waals surface area contributed by atoms with Crippen LogP contribution in [0.1, 0.15) is 9.67 Å². The van der Waals surface area contributed by atoms with Gasteiger partial charge >= 0.3 is 5.97 Å². The van der Waals surface area contributed by atoms with Gasteiger partial charge in [-0.15, -0.1) is 22.7 Å². The molecular formula is C9H6INO2S2. The Morgan fingerprint density at radius 2 is 2.20 bits per heavy atom. The molecule has 0 aliphatic rings. The highest BCUT2D eigenvalue weighted by Crippen LogP contribution is 2.35. The van der Waals surface area contributed by atoms with Crippen LogP contribution < -0.4 is 5.73 Å². The molecule has 0 atom stereocenters. The van der Waals surface area contributed by atoms with E-state index in [9.17, 15) is 4.79 Å². The molecule has 2 aromatic rings. The van der Waals surface area contributed by atoms with Crippen molar-refractivity contribution in [3.8, 4) is 10.4 Å². The van der Waals surface area contributed by atoms with E-state index in [4.69, 9.17) is 10.8 Å². The Kier molecular flexibility index (Phi) is 2.98. The van der Waals surface area contributed by atoms with E-state index >= 15 is 0 Å². The second-order valence-electron chi connectivity index (χ2n) is 2.84. The maximum atomic E-state index is 10.8. The van der Waals surface area contributed by atoms with E-state index in [-0.39, 0.29) is 4.88 Å². The Balaban J connectivity index is 2.46. The zero-order valence-electron chi connectivity index (χ0n) is 7.36. The molecule has 15 heavy (non-hydrogen) atoms. The fraction of sp³-hybridized carbons (Fsp3) is 0. The van der Waals surface area contributed by atoms with Crippen molar-refractivity contribution in [1.82, 2.24) is 0 Å². The molecule has 0 spiro atoms. The van der Waals surface area contributed by atoms with E-state index in [1.54, 1.807) is 17.4 Å². The second-order valence-corrected chi connectivity index (χ2v) is 6.70. The summed E-state index contributed by atoms with van der Waals surface area (Å²) in [6, 6.07) is 3.73. The van der Waals surface area contributed by atoms with Crippen molar-refractivity contribution >= 4 is 56.9 Å². The molecule has 2 heterocycles. The third-order valence-corrected chi connectivity index (χ3v) is 4.78. The molecule has 0 saturated carbocycles. The lowest BCUT2D eigenvalue weighted by molar-refractivity contribution is 0.0703. The summed E-state index contributed by atoms with van der Waals surface area (Å²) >= 11 is 5.07. The molecule has 3 N–H and O–H groups in total. The van der Waals surface area contributed by atoms with Gasteiger partial charge in [0, 0.05) is 15.8 Å². The van der Waals surface area contributed by atoms with Gasteiger partial charge in [0.1, 0.15) is 4.88 Å².